The molecule has 0 aliphatic rings. The molecule has 1 unspecified atom stereocenters. The van der Waals surface area contributed by atoms with E-state index in [2.05, 4.69) is 15.5 Å². The highest BCUT2D eigenvalue weighted by molar-refractivity contribution is 5.87. The number of amides is 1. The normalized spacial score (nSPS) is 12.1. The largest absolute Gasteiger partial charge is 0.477 e. The van der Waals surface area contributed by atoms with E-state index in [1.54, 1.807) is 30.9 Å². The molecule has 0 bridgehead atoms. The number of rotatable bonds is 5. The maximum absolute atomic E-state index is 12.0. The minimum Gasteiger partial charge on any atom is -0.477 e. The first kappa shape index (κ1) is 13.8. The zero-order valence-corrected chi connectivity index (χ0v) is 11.1. The number of nitrogens with one attached hydrogen (secondary N) is 1. The molecular weight excluding hydrogens is 262 g/mol. The molecule has 0 aliphatic heterocycles. The van der Waals surface area contributed by atoms with Gasteiger partial charge in [-0.3, -0.25) is 9.48 Å². The number of aromatic nitrogens is 4. The molecule has 2 aromatic heterocycles. The zero-order valence-electron chi connectivity index (χ0n) is 11.1. The van der Waals surface area contributed by atoms with Gasteiger partial charge in [-0.2, -0.15) is 10.2 Å². The van der Waals surface area contributed by atoms with Gasteiger partial charge in [-0.1, -0.05) is 0 Å². The Kier molecular flexibility index (Phi) is 3.83. The minimum absolute atomic E-state index is 0.0227. The van der Waals surface area contributed by atoms with Gasteiger partial charge < -0.3 is 10.4 Å². The van der Waals surface area contributed by atoms with Crippen LogP contribution < -0.4 is 5.32 Å². The topological polar surface area (TPSA) is 102 Å². The van der Waals surface area contributed by atoms with Gasteiger partial charge in [-0.05, 0) is 19.1 Å². The van der Waals surface area contributed by atoms with Crippen LogP contribution in [0.4, 0.5) is 0 Å². The maximum Gasteiger partial charge on any atom is 0.354 e. The number of aromatic carboxylic acids is 1. The van der Waals surface area contributed by atoms with E-state index in [0.29, 0.717) is 0 Å². The van der Waals surface area contributed by atoms with Crippen molar-refractivity contribution in [1.82, 2.24) is 24.9 Å². The second-order valence-corrected chi connectivity index (χ2v) is 4.34. The van der Waals surface area contributed by atoms with Crippen molar-refractivity contribution in [2.45, 2.75) is 19.5 Å². The van der Waals surface area contributed by atoms with Gasteiger partial charge in [-0.25, -0.2) is 9.48 Å². The van der Waals surface area contributed by atoms with Crippen molar-refractivity contribution < 1.29 is 14.7 Å². The first-order valence-corrected chi connectivity index (χ1v) is 6.02. The van der Waals surface area contributed by atoms with Crippen LogP contribution >= 0.6 is 0 Å². The van der Waals surface area contributed by atoms with E-state index in [0.717, 1.165) is 5.69 Å². The Labute approximate surface area is 115 Å². The summed E-state index contributed by atoms with van der Waals surface area (Å²) >= 11 is 0. The Morgan fingerprint density at radius 1 is 1.45 bits per heavy atom. The summed E-state index contributed by atoms with van der Waals surface area (Å²) in [7, 11) is 1.79. The highest BCUT2D eigenvalue weighted by Gasteiger charge is 2.21. The molecule has 0 fully saturated rings. The second-order valence-electron chi connectivity index (χ2n) is 4.34. The molecule has 0 saturated carbocycles. The molecule has 2 rings (SSSR count). The molecule has 8 nitrogen and oxygen atoms in total. The number of carboxylic acid groups (broad SMARTS) is 1. The summed E-state index contributed by atoms with van der Waals surface area (Å²) in [6, 6.07) is 2.44. The third kappa shape index (κ3) is 2.85. The number of nitrogens with zero attached hydrogens (tertiary/aromatic N) is 4. The number of hydrogen-bond donors (Lipinski definition) is 2. The Morgan fingerprint density at radius 2 is 2.20 bits per heavy atom. The molecule has 8 heteroatoms. The Morgan fingerprint density at radius 3 is 2.80 bits per heavy atom. The van der Waals surface area contributed by atoms with Crippen molar-refractivity contribution in [1.29, 1.82) is 0 Å². The van der Waals surface area contributed by atoms with Crippen molar-refractivity contribution in [3.63, 3.8) is 0 Å². The SMILES string of the molecule is CC(C(=O)NCc1ccn(C)n1)n1nccc1C(=O)O. The van der Waals surface area contributed by atoms with Crippen LogP contribution in [0, 0.1) is 0 Å². The van der Waals surface area contributed by atoms with E-state index in [4.69, 9.17) is 5.11 Å². The number of carbonyl (C=O) groups excluding carboxylic acids is 1. The Bertz CT molecular complexity index is 631. The smallest absolute Gasteiger partial charge is 0.354 e. The molecule has 0 aliphatic carbocycles. The van der Waals surface area contributed by atoms with Gasteiger partial charge in [0.1, 0.15) is 11.7 Å². The monoisotopic (exact) mass is 277 g/mol. The summed E-state index contributed by atoms with van der Waals surface area (Å²) in [5, 5.41) is 19.7. The molecule has 0 aromatic carbocycles. The quantitative estimate of drug-likeness (QED) is 0.812. The van der Waals surface area contributed by atoms with E-state index < -0.39 is 12.0 Å². The molecule has 0 saturated heterocycles. The zero-order chi connectivity index (χ0) is 14.7. The summed E-state index contributed by atoms with van der Waals surface area (Å²) in [5.74, 6) is -1.44. The van der Waals surface area contributed by atoms with Crippen LogP contribution in [0.5, 0.6) is 0 Å². The maximum atomic E-state index is 12.0. The molecule has 1 amide bonds. The van der Waals surface area contributed by atoms with Crippen LogP contribution in [0.25, 0.3) is 0 Å². The number of carbonyl (C=O) groups is 2. The fourth-order valence-corrected chi connectivity index (χ4v) is 1.79. The fraction of sp³-hybridized carbons (Fsp3) is 0.333. The van der Waals surface area contributed by atoms with Crippen LogP contribution in [-0.4, -0.2) is 36.5 Å². The predicted octanol–water partition coefficient (Wildman–Crippen LogP) is 0.192. The van der Waals surface area contributed by atoms with E-state index >= 15 is 0 Å². The summed E-state index contributed by atoms with van der Waals surface area (Å²) in [4.78, 5) is 23.0. The van der Waals surface area contributed by atoms with Crippen molar-refractivity contribution in [2.24, 2.45) is 7.05 Å². The van der Waals surface area contributed by atoms with Gasteiger partial charge in [0.15, 0.2) is 0 Å². The average Bonchev–Trinajstić information content (AvgIpc) is 3.03. The van der Waals surface area contributed by atoms with Crippen LogP contribution in [0.3, 0.4) is 0 Å². The second kappa shape index (κ2) is 5.55. The van der Waals surface area contributed by atoms with E-state index in [1.807, 2.05) is 0 Å². The lowest BCUT2D eigenvalue weighted by Crippen LogP contribution is -2.32. The number of hydrogen-bond acceptors (Lipinski definition) is 4. The molecule has 106 valence electrons. The third-order valence-corrected chi connectivity index (χ3v) is 2.85. The highest BCUT2D eigenvalue weighted by atomic mass is 16.4. The molecule has 2 heterocycles. The standard InChI is InChI=1S/C12H15N5O3/c1-8(17-10(12(19)20)3-5-14-17)11(18)13-7-9-4-6-16(2)15-9/h3-6,8H,7H2,1-2H3,(H,13,18)(H,19,20). The van der Waals surface area contributed by atoms with Crippen LogP contribution in [0.2, 0.25) is 0 Å². The first-order chi connectivity index (χ1) is 9.49. The van der Waals surface area contributed by atoms with Crippen molar-refractivity contribution in [3.05, 3.63) is 35.9 Å². The Balaban J connectivity index is 2.01. The van der Waals surface area contributed by atoms with E-state index in [9.17, 15) is 9.59 Å². The van der Waals surface area contributed by atoms with Crippen LogP contribution in [0.1, 0.15) is 29.1 Å². The summed E-state index contributed by atoms with van der Waals surface area (Å²) < 4.78 is 2.82. The molecule has 2 aromatic rings. The van der Waals surface area contributed by atoms with Gasteiger partial charge >= 0.3 is 5.97 Å². The van der Waals surface area contributed by atoms with Gasteiger partial charge in [0, 0.05) is 19.4 Å². The molecule has 0 radical (unpaired) electrons. The molecular formula is C12H15N5O3. The van der Waals surface area contributed by atoms with Crippen LogP contribution in [-0.2, 0) is 18.4 Å². The summed E-state index contributed by atoms with van der Waals surface area (Å²) in [6.07, 6.45) is 3.13. The summed E-state index contributed by atoms with van der Waals surface area (Å²) in [6.45, 7) is 1.88. The lowest BCUT2D eigenvalue weighted by Gasteiger charge is -2.13. The van der Waals surface area contributed by atoms with Gasteiger partial charge in [-0.15, -0.1) is 0 Å². The van der Waals surface area contributed by atoms with Gasteiger partial charge in [0.05, 0.1) is 12.2 Å². The fourth-order valence-electron chi connectivity index (χ4n) is 1.79. The van der Waals surface area contributed by atoms with Crippen molar-refractivity contribution >= 4 is 11.9 Å². The van der Waals surface area contributed by atoms with E-state index in [1.165, 1.54) is 16.9 Å². The average molecular weight is 277 g/mol. The van der Waals surface area contributed by atoms with Crippen molar-refractivity contribution in [2.75, 3.05) is 0 Å². The lowest BCUT2D eigenvalue weighted by molar-refractivity contribution is -0.124. The molecule has 0 spiro atoms. The van der Waals surface area contributed by atoms with E-state index in [-0.39, 0.29) is 18.1 Å². The van der Waals surface area contributed by atoms with Gasteiger partial charge in [0.2, 0.25) is 5.91 Å². The Hall–Kier alpha value is -2.64. The lowest BCUT2D eigenvalue weighted by atomic mass is 10.3. The predicted molar refractivity (Wildman–Crippen MR) is 69.0 cm³/mol. The number of carboxylic acids is 1. The first-order valence-electron chi connectivity index (χ1n) is 6.02. The highest BCUT2D eigenvalue weighted by Crippen LogP contribution is 2.09. The minimum atomic E-state index is -1.12. The van der Waals surface area contributed by atoms with Crippen molar-refractivity contribution in [3.8, 4) is 0 Å². The molecule has 1 atom stereocenters. The third-order valence-electron chi connectivity index (χ3n) is 2.85. The molecule has 20 heavy (non-hydrogen) atoms. The van der Waals surface area contributed by atoms with Gasteiger partial charge in [0.25, 0.3) is 0 Å². The number of aryl methyl sites for hydroxylation is 1. The summed E-state index contributed by atoms with van der Waals surface area (Å²) in [5.41, 5.74) is 0.706. The molecule has 2 N–H and O–H groups in total. The van der Waals surface area contributed by atoms with Crippen LogP contribution in [0.15, 0.2) is 24.5 Å².